The maximum absolute atomic E-state index is 13.7. The van der Waals surface area contributed by atoms with Crippen LogP contribution in [-0.2, 0) is 4.79 Å². The van der Waals surface area contributed by atoms with Gasteiger partial charge in [-0.3, -0.25) is 4.79 Å². The number of para-hydroxylation sites is 1. The van der Waals surface area contributed by atoms with Gasteiger partial charge in [-0.15, -0.1) is 0 Å². The zero-order chi connectivity index (χ0) is 15.2. The van der Waals surface area contributed by atoms with Crippen molar-refractivity contribution in [3.05, 3.63) is 59.9 Å². The van der Waals surface area contributed by atoms with E-state index in [0.29, 0.717) is 17.0 Å². The number of rotatable bonds is 5. The minimum atomic E-state index is -0.439. The molecule has 2 rings (SSSR count). The average molecular weight is 288 g/mol. The number of carbonyl (C=O) groups is 1. The molecule has 1 amide bonds. The maximum atomic E-state index is 13.7. The van der Waals surface area contributed by atoms with Gasteiger partial charge in [-0.05, 0) is 25.1 Å². The molecule has 0 heterocycles. The largest absolute Gasteiger partial charge is 0.484 e. The van der Waals surface area contributed by atoms with Crippen LogP contribution in [0.1, 0.15) is 18.5 Å². The number of nitrogens with one attached hydrogen (secondary N) is 1. The van der Waals surface area contributed by atoms with Crippen molar-refractivity contribution in [1.29, 1.82) is 0 Å². The minimum absolute atomic E-state index is 0.189. The smallest absolute Gasteiger partial charge is 0.262 e. The van der Waals surface area contributed by atoms with Gasteiger partial charge >= 0.3 is 0 Å². The molecule has 0 unspecified atom stereocenters. The molecule has 5 heteroatoms. The number of benzene rings is 2. The number of ether oxygens (including phenoxy) is 1. The van der Waals surface area contributed by atoms with Crippen LogP contribution in [0.25, 0.3) is 0 Å². The van der Waals surface area contributed by atoms with Crippen molar-refractivity contribution < 1.29 is 13.9 Å². The Kier molecular flexibility index (Phi) is 4.90. The molecule has 1 atom stereocenters. The molecule has 110 valence electrons. The van der Waals surface area contributed by atoms with Crippen LogP contribution in [0.2, 0.25) is 0 Å². The fraction of sp³-hybridized carbons (Fsp3) is 0.188. The van der Waals surface area contributed by atoms with Crippen molar-refractivity contribution in [3.8, 4) is 5.75 Å². The molecule has 0 radical (unpaired) electrons. The second kappa shape index (κ2) is 6.85. The Balaban J connectivity index is 1.91. The first-order valence-corrected chi connectivity index (χ1v) is 6.59. The third kappa shape index (κ3) is 4.29. The number of halogens is 1. The number of anilines is 1. The Bertz CT molecular complexity index is 615. The molecule has 0 aliphatic heterocycles. The first-order chi connectivity index (χ1) is 10.1. The lowest BCUT2D eigenvalue weighted by Gasteiger charge is -2.10. The summed E-state index contributed by atoms with van der Waals surface area (Å²) in [5.41, 5.74) is 6.73. The average Bonchev–Trinajstić information content (AvgIpc) is 2.46. The molecule has 0 aliphatic carbocycles. The molecule has 0 bridgehead atoms. The van der Waals surface area contributed by atoms with Gasteiger partial charge in [0.15, 0.2) is 6.61 Å². The topological polar surface area (TPSA) is 64.3 Å². The lowest BCUT2D eigenvalue weighted by Crippen LogP contribution is -2.20. The first kappa shape index (κ1) is 15.0. The van der Waals surface area contributed by atoms with Crippen LogP contribution in [0.4, 0.5) is 10.1 Å². The Morgan fingerprint density at radius 3 is 2.62 bits per heavy atom. The maximum Gasteiger partial charge on any atom is 0.262 e. The van der Waals surface area contributed by atoms with Crippen LogP contribution in [0.15, 0.2) is 48.5 Å². The molecule has 4 nitrogen and oxygen atoms in total. The summed E-state index contributed by atoms with van der Waals surface area (Å²) in [4.78, 5) is 11.7. The second-order valence-electron chi connectivity index (χ2n) is 4.67. The molecule has 0 saturated heterocycles. The van der Waals surface area contributed by atoms with E-state index in [-0.39, 0.29) is 18.6 Å². The molecule has 0 fully saturated rings. The predicted octanol–water partition coefficient (Wildman–Crippen LogP) is 2.86. The van der Waals surface area contributed by atoms with Gasteiger partial charge in [-0.25, -0.2) is 4.39 Å². The van der Waals surface area contributed by atoms with Crippen molar-refractivity contribution in [1.82, 2.24) is 0 Å². The van der Waals surface area contributed by atoms with Gasteiger partial charge in [0.05, 0.1) is 0 Å². The van der Waals surface area contributed by atoms with Crippen LogP contribution < -0.4 is 15.8 Å². The second-order valence-corrected chi connectivity index (χ2v) is 4.67. The highest BCUT2D eigenvalue weighted by molar-refractivity contribution is 5.91. The third-order valence-electron chi connectivity index (χ3n) is 2.89. The summed E-state index contributed by atoms with van der Waals surface area (Å²) >= 11 is 0. The number of amides is 1. The molecular formula is C16H17FN2O2. The molecule has 2 aromatic rings. The monoisotopic (exact) mass is 288 g/mol. The molecule has 0 saturated carbocycles. The predicted molar refractivity (Wildman–Crippen MR) is 79.6 cm³/mol. The first-order valence-electron chi connectivity index (χ1n) is 6.59. The molecule has 0 aliphatic rings. The zero-order valence-electron chi connectivity index (χ0n) is 11.7. The van der Waals surface area contributed by atoms with Gasteiger partial charge in [0, 0.05) is 23.4 Å². The SMILES string of the molecule is C[C@@H](N)c1ccc(OCC(=O)Nc2ccccc2)cc1F. The lowest BCUT2D eigenvalue weighted by molar-refractivity contribution is -0.118. The van der Waals surface area contributed by atoms with Crippen LogP contribution >= 0.6 is 0 Å². The van der Waals surface area contributed by atoms with Crippen molar-refractivity contribution in [2.45, 2.75) is 13.0 Å². The molecule has 21 heavy (non-hydrogen) atoms. The third-order valence-corrected chi connectivity index (χ3v) is 2.89. The van der Waals surface area contributed by atoms with Crippen molar-refractivity contribution in [3.63, 3.8) is 0 Å². The van der Waals surface area contributed by atoms with Gasteiger partial charge in [-0.2, -0.15) is 0 Å². The minimum Gasteiger partial charge on any atom is -0.484 e. The summed E-state index contributed by atoms with van der Waals surface area (Å²) in [6, 6.07) is 13.0. The summed E-state index contributed by atoms with van der Waals surface area (Å²) in [5.74, 6) is -0.455. The standard InChI is InChI=1S/C16H17FN2O2/c1-11(18)14-8-7-13(9-15(14)17)21-10-16(20)19-12-5-3-2-4-6-12/h2-9,11H,10,18H2,1H3,(H,19,20)/t11-/m1/s1. The summed E-state index contributed by atoms with van der Waals surface area (Å²) in [6.07, 6.45) is 0. The Morgan fingerprint density at radius 2 is 2.00 bits per heavy atom. The van der Waals surface area contributed by atoms with Crippen molar-refractivity contribution in [2.24, 2.45) is 5.73 Å². The van der Waals surface area contributed by atoms with Crippen molar-refractivity contribution >= 4 is 11.6 Å². The molecule has 3 N–H and O–H groups in total. The summed E-state index contributed by atoms with van der Waals surface area (Å²) in [7, 11) is 0. The highest BCUT2D eigenvalue weighted by Crippen LogP contribution is 2.20. The van der Waals surface area contributed by atoms with E-state index in [1.54, 1.807) is 31.2 Å². The fourth-order valence-corrected chi connectivity index (χ4v) is 1.83. The van der Waals surface area contributed by atoms with E-state index in [9.17, 15) is 9.18 Å². The summed E-state index contributed by atoms with van der Waals surface area (Å²) in [6.45, 7) is 1.51. The molecular weight excluding hydrogens is 271 g/mol. The van der Waals surface area contributed by atoms with Crippen molar-refractivity contribution in [2.75, 3.05) is 11.9 Å². The number of nitrogens with two attached hydrogens (primary N) is 1. The van der Waals surface area contributed by atoms with Gasteiger partial charge in [0.25, 0.3) is 5.91 Å². The van der Waals surface area contributed by atoms with Crippen LogP contribution in [0, 0.1) is 5.82 Å². The molecule has 2 aromatic carbocycles. The quantitative estimate of drug-likeness (QED) is 0.889. The van der Waals surface area contributed by atoms with E-state index in [1.165, 1.54) is 6.07 Å². The van der Waals surface area contributed by atoms with Gasteiger partial charge < -0.3 is 15.8 Å². The Morgan fingerprint density at radius 1 is 1.29 bits per heavy atom. The van der Waals surface area contributed by atoms with Gasteiger partial charge in [0.1, 0.15) is 11.6 Å². The van der Waals surface area contributed by atoms with E-state index < -0.39 is 5.82 Å². The van der Waals surface area contributed by atoms with Gasteiger partial charge in [-0.1, -0.05) is 24.3 Å². The van der Waals surface area contributed by atoms with E-state index in [2.05, 4.69) is 5.32 Å². The highest BCUT2D eigenvalue weighted by atomic mass is 19.1. The van der Waals surface area contributed by atoms with Crippen LogP contribution in [0.3, 0.4) is 0 Å². The molecule has 0 spiro atoms. The Hall–Kier alpha value is -2.40. The molecule has 0 aromatic heterocycles. The fourth-order valence-electron chi connectivity index (χ4n) is 1.83. The van der Waals surface area contributed by atoms with E-state index >= 15 is 0 Å². The highest BCUT2D eigenvalue weighted by Gasteiger charge is 2.09. The number of hydrogen-bond acceptors (Lipinski definition) is 3. The summed E-state index contributed by atoms with van der Waals surface area (Å²) < 4.78 is 19.0. The Labute approximate surface area is 122 Å². The van der Waals surface area contributed by atoms with E-state index in [1.807, 2.05) is 18.2 Å². The van der Waals surface area contributed by atoms with Crippen LogP contribution in [-0.4, -0.2) is 12.5 Å². The summed E-state index contributed by atoms with van der Waals surface area (Å²) in [5, 5.41) is 2.68. The van der Waals surface area contributed by atoms with Crippen LogP contribution in [0.5, 0.6) is 5.75 Å². The van der Waals surface area contributed by atoms with Gasteiger partial charge in [0.2, 0.25) is 0 Å². The van der Waals surface area contributed by atoms with E-state index in [4.69, 9.17) is 10.5 Å². The normalized spacial score (nSPS) is 11.8. The number of hydrogen-bond donors (Lipinski definition) is 2. The number of carbonyl (C=O) groups excluding carboxylic acids is 1. The van der Waals surface area contributed by atoms with E-state index in [0.717, 1.165) is 0 Å². The zero-order valence-corrected chi connectivity index (χ0v) is 11.7. The lowest BCUT2D eigenvalue weighted by atomic mass is 10.1.